The normalized spacial score (nSPS) is 21.2. The number of carbonyl (C=O) groups excluding carboxylic acids is 4. The van der Waals surface area contributed by atoms with Gasteiger partial charge in [0.25, 0.3) is 5.91 Å². The Bertz CT molecular complexity index is 1120. The summed E-state index contributed by atoms with van der Waals surface area (Å²) in [6.07, 6.45) is 8.06. The first kappa shape index (κ1) is 33.7. The number of benzene rings is 1. The second-order valence-corrected chi connectivity index (χ2v) is 13.8. The van der Waals surface area contributed by atoms with E-state index in [1.807, 2.05) is 20.8 Å². The Morgan fingerprint density at radius 2 is 1.68 bits per heavy atom. The SMILES string of the molecule is CC(C)(C)[C@H](NC(=O)[C@H](CC1CCCC1)CN(O)C=O)C(=O)N1CCC(Oc2ccc(C(=O)N3CCCC3CO)cc2)CC1. The largest absolute Gasteiger partial charge is 0.490 e. The number of hydroxylamine groups is 2. The van der Waals surface area contributed by atoms with Gasteiger partial charge in [0.05, 0.1) is 25.1 Å². The first-order valence-electron chi connectivity index (χ1n) is 16.2. The minimum Gasteiger partial charge on any atom is -0.490 e. The summed E-state index contributed by atoms with van der Waals surface area (Å²) in [4.78, 5) is 54.7. The molecule has 0 radical (unpaired) electrons. The summed E-state index contributed by atoms with van der Waals surface area (Å²) in [6, 6.07) is 6.22. The number of nitrogens with zero attached hydrogens (tertiary/aromatic N) is 3. The molecule has 4 amide bonds. The van der Waals surface area contributed by atoms with Crippen molar-refractivity contribution in [2.75, 3.05) is 32.8 Å². The van der Waals surface area contributed by atoms with Gasteiger partial charge in [0, 0.05) is 38.0 Å². The smallest absolute Gasteiger partial charge is 0.254 e. The van der Waals surface area contributed by atoms with Crippen LogP contribution < -0.4 is 10.1 Å². The molecule has 2 aliphatic heterocycles. The number of piperidine rings is 1. The van der Waals surface area contributed by atoms with E-state index in [-0.39, 0.29) is 43.0 Å². The number of rotatable bonds is 12. The zero-order valence-electron chi connectivity index (χ0n) is 26.5. The molecule has 1 saturated carbocycles. The summed E-state index contributed by atoms with van der Waals surface area (Å²) in [5, 5.41) is 22.9. The van der Waals surface area contributed by atoms with Crippen molar-refractivity contribution in [3.63, 3.8) is 0 Å². The van der Waals surface area contributed by atoms with E-state index in [1.165, 1.54) is 0 Å². The lowest BCUT2D eigenvalue weighted by Crippen LogP contribution is -2.58. The van der Waals surface area contributed by atoms with Gasteiger partial charge in [-0.25, -0.2) is 5.06 Å². The van der Waals surface area contributed by atoms with Crippen molar-refractivity contribution < 1.29 is 34.2 Å². The maximum absolute atomic E-state index is 13.7. The monoisotopic (exact) mass is 614 g/mol. The number of hydrogen-bond acceptors (Lipinski definition) is 7. The van der Waals surface area contributed by atoms with Crippen molar-refractivity contribution in [3.05, 3.63) is 29.8 Å². The molecule has 4 rings (SSSR count). The first-order valence-corrected chi connectivity index (χ1v) is 16.2. The van der Waals surface area contributed by atoms with Gasteiger partial charge in [-0.15, -0.1) is 0 Å². The summed E-state index contributed by atoms with van der Waals surface area (Å²) in [6.45, 7) is 7.26. The molecule has 2 heterocycles. The molecule has 1 aliphatic carbocycles. The van der Waals surface area contributed by atoms with E-state index in [0.29, 0.717) is 67.6 Å². The minimum atomic E-state index is -0.756. The highest BCUT2D eigenvalue weighted by atomic mass is 16.5. The van der Waals surface area contributed by atoms with Crippen molar-refractivity contribution in [1.82, 2.24) is 20.2 Å². The molecule has 0 bridgehead atoms. The van der Waals surface area contributed by atoms with Crippen LogP contribution in [0.25, 0.3) is 0 Å². The topological polar surface area (TPSA) is 140 Å². The number of aliphatic hydroxyl groups excluding tert-OH is 1. The number of carbonyl (C=O) groups is 4. The number of amides is 4. The Balaban J connectivity index is 1.31. The van der Waals surface area contributed by atoms with E-state index in [4.69, 9.17) is 4.74 Å². The van der Waals surface area contributed by atoms with Gasteiger partial charge in [-0.2, -0.15) is 0 Å². The average molecular weight is 615 g/mol. The van der Waals surface area contributed by atoms with Crippen LogP contribution >= 0.6 is 0 Å². The van der Waals surface area contributed by atoms with Crippen LogP contribution in [0.5, 0.6) is 5.75 Å². The molecule has 11 heteroatoms. The van der Waals surface area contributed by atoms with Crippen molar-refractivity contribution in [2.24, 2.45) is 17.3 Å². The maximum Gasteiger partial charge on any atom is 0.254 e. The van der Waals surface area contributed by atoms with Gasteiger partial charge < -0.3 is 25.0 Å². The summed E-state index contributed by atoms with van der Waals surface area (Å²) in [5.74, 6) is -0.114. The van der Waals surface area contributed by atoms with Gasteiger partial charge in [-0.3, -0.25) is 24.4 Å². The van der Waals surface area contributed by atoms with Crippen molar-refractivity contribution in [1.29, 1.82) is 0 Å². The third kappa shape index (κ3) is 8.72. The van der Waals surface area contributed by atoms with E-state index in [2.05, 4.69) is 5.32 Å². The standard InChI is InChI=1S/C33H50N4O7/c1-33(2,3)29(34-30(40)25(20-36(43)22-39)19-23-7-4-5-8-23)32(42)35-17-14-28(15-18-35)44-27-12-10-24(11-13-27)31(41)37-16-6-9-26(37)21-38/h10-13,22-23,25-26,28-29,38,43H,4-9,14-21H2,1-3H3,(H,34,40)/t25-,26?,29-/m1/s1. The van der Waals surface area contributed by atoms with Crippen LogP contribution in [0.15, 0.2) is 24.3 Å². The van der Waals surface area contributed by atoms with Gasteiger partial charge in [0.1, 0.15) is 17.9 Å². The van der Waals surface area contributed by atoms with Crippen molar-refractivity contribution >= 4 is 24.1 Å². The lowest BCUT2D eigenvalue weighted by Gasteiger charge is -2.39. The number of hydrogen-bond donors (Lipinski definition) is 3. The fraction of sp³-hybridized carbons (Fsp3) is 0.697. The van der Waals surface area contributed by atoms with E-state index in [9.17, 15) is 29.5 Å². The van der Waals surface area contributed by atoms with E-state index < -0.39 is 17.4 Å². The molecular formula is C33H50N4O7. The molecule has 1 aromatic carbocycles. The second kappa shape index (κ2) is 15.2. The molecular weight excluding hydrogens is 564 g/mol. The first-order chi connectivity index (χ1) is 21.0. The highest BCUT2D eigenvalue weighted by molar-refractivity contribution is 5.94. The number of nitrogens with one attached hydrogen (secondary N) is 1. The fourth-order valence-electron chi connectivity index (χ4n) is 6.79. The molecule has 0 aromatic heterocycles. The van der Waals surface area contributed by atoms with E-state index in [1.54, 1.807) is 34.1 Å². The molecule has 3 N–H and O–H groups in total. The molecule has 11 nitrogen and oxygen atoms in total. The van der Waals surface area contributed by atoms with Gasteiger partial charge in [-0.05, 0) is 54.9 Å². The van der Waals surface area contributed by atoms with Crippen LogP contribution in [0.3, 0.4) is 0 Å². The molecule has 1 aromatic rings. The average Bonchev–Trinajstić information content (AvgIpc) is 3.71. The Kier molecular flexibility index (Phi) is 11.6. The van der Waals surface area contributed by atoms with E-state index >= 15 is 0 Å². The van der Waals surface area contributed by atoms with Gasteiger partial charge in [-0.1, -0.05) is 46.5 Å². The van der Waals surface area contributed by atoms with Crippen LogP contribution in [-0.4, -0.2) is 100 Å². The summed E-state index contributed by atoms with van der Waals surface area (Å²) < 4.78 is 6.19. The predicted octanol–water partition coefficient (Wildman–Crippen LogP) is 3.23. The Morgan fingerprint density at radius 1 is 1.02 bits per heavy atom. The maximum atomic E-state index is 13.7. The Hall–Kier alpha value is -3.18. The molecule has 44 heavy (non-hydrogen) atoms. The lowest BCUT2D eigenvalue weighted by atomic mass is 9.84. The highest BCUT2D eigenvalue weighted by Crippen LogP contribution is 2.31. The lowest BCUT2D eigenvalue weighted by molar-refractivity contribution is -0.156. The third-order valence-corrected chi connectivity index (χ3v) is 9.40. The van der Waals surface area contributed by atoms with Gasteiger partial charge in [0.15, 0.2) is 0 Å². The van der Waals surface area contributed by atoms with Crippen LogP contribution in [0.1, 0.15) is 88.9 Å². The molecule has 1 unspecified atom stereocenters. The molecule has 3 atom stereocenters. The summed E-state index contributed by atoms with van der Waals surface area (Å²) in [5.41, 5.74) is 0.0178. The fourth-order valence-corrected chi connectivity index (χ4v) is 6.79. The predicted molar refractivity (Wildman–Crippen MR) is 164 cm³/mol. The number of ether oxygens (including phenoxy) is 1. The molecule has 3 fully saturated rings. The van der Waals surface area contributed by atoms with Gasteiger partial charge in [0.2, 0.25) is 18.2 Å². The Labute approximate surface area is 260 Å². The van der Waals surface area contributed by atoms with Crippen molar-refractivity contribution in [2.45, 2.75) is 96.7 Å². The van der Waals surface area contributed by atoms with Gasteiger partial charge >= 0.3 is 0 Å². The van der Waals surface area contributed by atoms with Crippen LogP contribution in [0, 0.1) is 17.3 Å². The Morgan fingerprint density at radius 3 is 2.27 bits per heavy atom. The molecule has 2 saturated heterocycles. The molecule has 244 valence electrons. The summed E-state index contributed by atoms with van der Waals surface area (Å²) in [7, 11) is 0. The second-order valence-electron chi connectivity index (χ2n) is 13.8. The van der Waals surface area contributed by atoms with Crippen molar-refractivity contribution in [3.8, 4) is 5.75 Å². The van der Waals surface area contributed by atoms with Crippen LogP contribution in [0.4, 0.5) is 0 Å². The number of aliphatic hydroxyl groups is 1. The quantitative estimate of drug-likeness (QED) is 0.187. The highest BCUT2D eigenvalue weighted by Gasteiger charge is 2.39. The van der Waals surface area contributed by atoms with Crippen LogP contribution in [0.2, 0.25) is 0 Å². The summed E-state index contributed by atoms with van der Waals surface area (Å²) >= 11 is 0. The molecule has 0 spiro atoms. The zero-order valence-corrected chi connectivity index (χ0v) is 26.5. The van der Waals surface area contributed by atoms with E-state index in [0.717, 1.165) is 38.5 Å². The number of likely N-dealkylation sites (tertiary alicyclic amines) is 2. The third-order valence-electron chi connectivity index (χ3n) is 9.40. The van der Waals surface area contributed by atoms with Crippen LogP contribution in [-0.2, 0) is 14.4 Å². The zero-order chi connectivity index (χ0) is 31.9. The molecule has 3 aliphatic rings. The minimum absolute atomic E-state index is 0.0260.